The second-order valence-electron chi connectivity index (χ2n) is 5.46. The van der Waals surface area contributed by atoms with Crippen LogP contribution in [0.4, 0.5) is 10.5 Å². The van der Waals surface area contributed by atoms with Crippen LogP contribution in [0.25, 0.3) is 0 Å². The number of amides is 1. The number of primary amides is 1. The molecule has 0 saturated carbocycles. The van der Waals surface area contributed by atoms with E-state index in [1.807, 2.05) is 0 Å². The topological polar surface area (TPSA) is 78.3 Å². The molecule has 4 nitrogen and oxygen atoms in total. The molecule has 0 aliphatic heterocycles. The highest BCUT2D eigenvalue weighted by Gasteiger charge is 1.96. The monoisotopic (exact) mass is 334 g/mol. The van der Waals surface area contributed by atoms with Crippen molar-refractivity contribution in [2.24, 2.45) is 5.73 Å². The van der Waals surface area contributed by atoms with Crippen LogP contribution in [0.1, 0.15) is 11.1 Å². The SMILES string of the molecule is NC(=O)Oc1ccc(N)cc1.c1ccc(CCc2ccccc2)cc1. The van der Waals surface area contributed by atoms with E-state index in [2.05, 4.69) is 65.4 Å². The zero-order valence-electron chi connectivity index (χ0n) is 14.0. The molecule has 0 aromatic heterocycles. The van der Waals surface area contributed by atoms with Gasteiger partial charge in [-0.05, 0) is 48.2 Å². The van der Waals surface area contributed by atoms with Crippen LogP contribution < -0.4 is 16.2 Å². The largest absolute Gasteiger partial charge is 0.411 e. The summed E-state index contributed by atoms with van der Waals surface area (Å²) in [4.78, 5) is 10.2. The maximum Gasteiger partial charge on any atom is 0.409 e. The Bertz CT molecular complexity index is 717. The van der Waals surface area contributed by atoms with E-state index in [1.165, 1.54) is 11.1 Å². The molecule has 0 radical (unpaired) electrons. The van der Waals surface area contributed by atoms with Crippen LogP contribution >= 0.6 is 0 Å². The van der Waals surface area contributed by atoms with Crippen molar-refractivity contribution in [1.29, 1.82) is 0 Å². The van der Waals surface area contributed by atoms with Crippen LogP contribution in [0.2, 0.25) is 0 Å². The van der Waals surface area contributed by atoms with Gasteiger partial charge in [0.2, 0.25) is 0 Å². The van der Waals surface area contributed by atoms with E-state index in [0.29, 0.717) is 11.4 Å². The van der Waals surface area contributed by atoms with E-state index < -0.39 is 6.09 Å². The summed E-state index contributed by atoms with van der Waals surface area (Å²) in [5.41, 5.74) is 13.6. The zero-order valence-corrected chi connectivity index (χ0v) is 14.0. The molecule has 0 saturated heterocycles. The molecular formula is C21H22N2O2. The summed E-state index contributed by atoms with van der Waals surface area (Å²) in [6.45, 7) is 0. The van der Waals surface area contributed by atoms with Crippen LogP contribution in [-0.4, -0.2) is 6.09 Å². The Labute approximate surface area is 148 Å². The van der Waals surface area contributed by atoms with Crippen molar-refractivity contribution in [3.63, 3.8) is 0 Å². The molecular weight excluding hydrogens is 312 g/mol. The molecule has 0 atom stereocenters. The van der Waals surface area contributed by atoms with Crippen molar-refractivity contribution in [2.45, 2.75) is 12.8 Å². The fourth-order valence-electron chi connectivity index (χ4n) is 2.23. The lowest BCUT2D eigenvalue weighted by molar-refractivity contribution is 0.211. The van der Waals surface area contributed by atoms with Gasteiger partial charge in [-0.25, -0.2) is 4.79 Å². The molecule has 0 unspecified atom stereocenters. The Morgan fingerprint density at radius 3 is 1.56 bits per heavy atom. The molecule has 4 N–H and O–H groups in total. The second-order valence-corrected chi connectivity index (χ2v) is 5.46. The third-order valence-corrected chi connectivity index (χ3v) is 3.49. The minimum absolute atomic E-state index is 0.395. The van der Waals surface area contributed by atoms with Gasteiger partial charge >= 0.3 is 6.09 Å². The lowest BCUT2D eigenvalue weighted by atomic mass is 10.0. The Morgan fingerprint density at radius 2 is 1.16 bits per heavy atom. The number of rotatable bonds is 4. The number of hydrogen-bond acceptors (Lipinski definition) is 3. The zero-order chi connectivity index (χ0) is 17.9. The maximum atomic E-state index is 10.2. The summed E-state index contributed by atoms with van der Waals surface area (Å²) in [5.74, 6) is 0.395. The van der Waals surface area contributed by atoms with Gasteiger partial charge < -0.3 is 16.2 Å². The number of ether oxygens (including phenoxy) is 1. The molecule has 0 fully saturated rings. The lowest BCUT2D eigenvalue weighted by Gasteiger charge is -2.01. The van der Waals surface area contributed by atoms with Crippen molar-refractivity contribution in [2.75, 3.05) is 5.73 Å². The van der Waals surface area contributed by atoms with E-state index in [1.54, 1.807) is 24.3 Å². The van der Waals surface area contributed by atoms with Crippen molar-refractivity contribution in [1.82, 2.24) is 0 Å². The van der Waals surface area contributed by atoms with Crippen molar-refractivity contribution in [3.8, 4) is 5.75 Å². The Kier molecular flexibility index (Phi) is 7.07. The van der Waals surface area contributed by atoms with Gasteiger partial charge in [0.1, 0.15) is 5.75 Å². The molecule has 4 heteroatoms. The summed E-state index contributed by atoms with van der Waals surface area (Å²) in [6.07, 6.45) is 1.44. The minimum atomic E-state index is -0.824. The molecule has 0 aliphatic rings. The first kappa shape index (κ1) is 18.1. The number of benzene rings is 3. The lowest BCUT2D eigenvalue weighted by Crippen LogP contribution is -2.16. The normalized spacial score (nSPS) is 9.60. The van der Waals surface area contributed by atoms with E-state index in [0.717, 1.165) is 12.8 Å². The van der Waals surface area contributed by atoms with Crippen LogP contribution in [-0.2, 0) is 12.8 Å². The molecule has 25 heavy (non-hydrogen) atoms. The molecule has 1 amide bonds. The van der Waals surface area contributed by atoms with Crippen molar-refractivity contribution >= 4 is 11.8 Å². The first-order chi connectivity index (χ1) is 12.1. The van der Waals surface area contributed by atoms with Gasteiger partial charge in [-0.3, -0.25) is 0 Å². The minimum Gasteiger partial charge on any atom is -0.411 e. The molecule has 0 spiro atoms. The molecule has 3 aromatic rings. The predicted octanol–water partition coefficient (Wildman–Crippen LogP) is 4.20. The summed E-state index contributed by atoms with van der Waals surface area (Å²) < 4.78 is 4.55. The van der Waals surface area contributed by atoms with Gasteiger partial charge in [-0.2, -0.15) is 0 Å². The highest BCUT2D eigenvalue weighted by Crippen LogP contribution is 2.12. The Morgan fingerprint density at radius 1 is 0.720 bits per heavy atom. The number of hydrogen-bond donors (Lipinski definition) is 2. The molecule has 0 bridgehead atoms. The molecule has 0 heterocycles. The summed E-state index contributed by atoms with van der Waals surface area (Å²) in [6, 6.07) is 27.6. The molecule has 3 aromatic carbocycles. The number of carbonyl (C=O) groups is 1. The van der Waals surface area contributed by atoms with Gasteiger partial charge in [0.05, 0.1) is 0 Å². The first-order valence-electron chi connectivity index (χ1n) is 8.04. The smallest absolute Gasteiger partial charge is 0.409 e. The average molecular weight is 334 g/mol. The van der Waals surface area contributed by atoms with Crippen molar-refractivity contribution in [3.05, 3.63) is 96.1 Å². The number of anilines is 1. The molecule has 3 rings (SSSR count). The summed E-state index contributed by atoms with van der Waals surface area (Å²) >= 11 is 0. The van der Waals surface area contributed by atoms with E-state index in [4.69, 9.17) is 11.5 Å². The van der Waals surface area contributed by atoms with E-state index in [9.17, 15) is 4.79 Å². The predicted molar refractivity (Wildman–Crippen MR) is 101 cm³/mol. The van der Waals surface area contributed by atoms with Gasteiger partial charge in [0, 0.05) is 5.69 Å². The number of nitrogens with two attached hydrogens (primary N) is 2. The third kappa shape index (κ3) is 7.22. The van der Waals surface area contributed by atoms with Crippen LogP contribution in [0.5, 0.6) is 5.75 Å². The van der Waals surface area contributed by atoms with Gasteiger partial charge in [0.25, 0.3) is 0 Å². The highest BCUT2D eigenvalue weighted by atomic mass is 16.5. The fourth-order valence-corrected chi connectivity index (χ4v) is 2.23. The van der Waals surface area contributed by atoms with Gasteiger partial charge in [0.15, 0.2) is 0 Å². The summed E-state index contributed by atoms with van der Waals surface area (Å²) in [5, 5.41) is 0. The second kappa shape index (κ2) is 9.78. The Hall–Kier alpha value is -3.27. The van der Waals surface area contributed by atoms with Crippen LogP contribution in [0.15, 0.2) is 84.9 Å². The van der Waals surface area contributed by atoms with Crippen molar-refractivity contribution < 1.29 is 9.53 Å². The van der Waals surface area contributed by atoms with Crippen LogP contribution in [0, 0.1) is 0 Å². The quantitative estimate of drug-likeness (QED) is 0.702. The molecule has 128 valence electrons. The Balaban J connectivity index is 0.000000186. The fraction of sp³-hybridized carbons (Fsp3) is 0.0952. The van der Waals surface area contributed by atoms with Gasteiger partial charge in [-0.15, -0.1) is 0 Å². The first-order valence-corrected chi connectivity index (χ1v) is 8.04. The third-order valence-electron chi connectivity index (χ3n) is 3.49. The van der Waals surface area contributed by atoms with E-state index in [-0.39, 0.29) is 0 Å². The summed E-state index contributed by atoms with van der Waals surface area (Å²) in [7, 11) is 0. The average Bonchev–Trinajstić information content (AvgIpc) is 2.64. The highest BCUT2D eigenvalue weighted by molar-refractivity contribution is 5.68. The standard InChI is InChI=1S/C14H14.C7H8N2O2/c1-3-7-13(8-4-1)11-12-14-9-5-2-6-10-14;8-5-1-3-6(4-2-5)11-7(9)10/h1-10H,11-12H2;1-4H,8H2,(H2,9,10). The number of carbonyl (C=O) groups excluding carboxylic acids is 1. The maximum absolute atomic E-state index is 10.2. The molecule has 0 aliphatic carbocycles. The number of nitrogen functional groups attached to an aromatic ring is 1. The van der Waals surface area contributed by atoms with E-state index >= 15 is 0 Å². The number of aryl methyl sites for hydroxylation is 2. The van der Waals surface area contributed by atoms with Gasteiger partial charge in [-0.1, -0.05) is 60.7 Å². The van der Waals surface area contributed by atoms with Crippen LogP contribution in [0.3, 0.4) is 0 Å².